The molecule has 4 nitrogen and oxygen atoms in total. The van der Waals surface area contributed by atoms with Gasteiger partial charge in [0.1, 0.15) is 5.75 Å². The number of unbranched alkanes of at least 4 members (excludes halogenated alkanes) is 2. The minimum absolute atomic E-state index is 0.401. The van der Waals surface area contributed by atoms with E-state index in [4.69, 9.17) is 4.74 Å². The Morgan fingerprint density at radius 3 is 2.77 bits per heavy atom. The standard InChI is InChI=1S/C22H37N3O/c1-4-22(5-2)15-18(16-22)26-21-9-12-24-20-10-14-25(17-19(20)21)13-8-6-7-11-23-3/h9,12,18,23H,4-8,10-11,13-17H2,1-3H3. The summed E-state index contributed by atoms with van der Waals surface area (Å²) in [7, 11) is 2.03. The summed E-state index contributed by atoms with van der Waals surface area (Å²) in [6.45, 7) is 9.10. The van der Waals surface area contributed by atoms with Crippen LogP contribution < -0.4 is 10.1 Å². The first-order chi connectivity index (χ1) is 12.7. The molecule has 0 atom stereocenters. The van der Waals surface area contributed by atoms with Crippen molar-refractivity contribution in [3.05, 3.63) is 23.5 Å². The van der Waals surface area contributed by atoms with E-state index in [1.54, 1.807) is 0 Å². The molecule has 1 N–H and O–H groups in total. The van der Waals surface area contributed by atoms with Crippen LogP contribution in [0.5, 0.6) is 5.75 Å². The van der Waals surface area contributed by atoms with Crippen molar-refractivity contribution in [3.63, 3.8) is 0 Å². The van der Waals surface area contributed by atoms with Gasteiger partial charge in [-0.3, -0.25) is 9.88 Å². The molecule has 0 unspecified atom stereocenters. The Kier molecular flexibility index (Phi) is 6.93. The van der Waals surface area contributed by atoms with Gasteiger partial charge < -0.3 is 10.1 Å². The molecule has 26 heavy (non-hydrogen) atoms. The number of nitrogens with zero attached hydrogens (tertiary/aromatic N) is 2. The second-order valence-corrected chi connectivity index (χ2v) is 8.28. The number of nitrogens with one attached hydrogen (secondary N) is 1. The third-order valence-electron chi connectivity index (χ3n) is 6.66. The SMILES string of the molecule is CCC1(CC)CC(Oc2ccnc3c2CN(CCCCCNC)CC3)C1. The molecule has 1 aliphatic carbocycles. The maximum atomic E-state index is 6.44. The van der Waals surface area contributed by atoms with Crippen LogP contribution in [0.2, 0.25) is 0 Å². The van der Waals surface area contributed by atoms with Crippen LogP contribution in [0, 0.1) is 5.41 Å². The molecule has 0 amide bonds. The van der Waals surface area contributed by atoms with Crippen molar-refractivity contribution in [1.82, 2.24) is 15.2 Å². The number of hydrogen-bond acceptors (Lipinski definition) is 4. The van der Waals surface area contributed by atoms with Crippen LogP contribution in [0.4, 0.5) is 0 Å². The average molecular weight is 360 g/mol. The minimum atomic E-state index is 0.401. The van der Waals surface area contributed by atoms with E-state index in [0.717, 1.165) is 31.8 Å². The van der Waals surface area contributed by atoms with Gasteiger partial charge in [0, 0.05) is 37.0 Å². The lowest BCUT2D eigenvalue weighted by molar-refractivity contribution is -0.0215. The highest BCUT2D eigenvalue weighted by molar-refractivity contribution is 5.37. The Balaban J connectivity index is 1.54. The zero-order valence-corrected chi connectivity index (χ0v) is 17.0. The van der Waals surface area contributed by atoms with Gasteiger partial charge in [-0.2, -0.15) is 0 Å². The van der Waals surface area contributed by atoms with Crippen LogP contribution in [-0.4, -0.2) is 42.7 Å². The molecule has 4 heteroatoms. The van der Waals surface area contributed by atoms with Gasteiger partial charge in [0.25, 0.3) is 0 Å². The van der Waals surface area contributed by atoms with Crippen LogP contribution in [0.1, 0.15) is 70.1 Å². The molecule has 2 heterocycles. The van der Waals surface area contributed by atoms with E-state index >= 15 is 0 Å². The van der Waals surface area contributed by atoms with Crippen molar-refractivity contribution >= 4 is 0 Å². The maximum absolute atomic E-state index is 6.44. The lowest BCUT2D eigenvalue weighted by Gasteiger charge is -2.47. The van der Waals surface area contributed by atoms with Gasteiger partial charge in [-0.05, 0) is 57.3 Å². The summed E-state index contributed by atoms with van der Waals surface area (Å²) < 4.78 is 6.44. The second-order valence-electron chi connectivity index (χ2n) is 8.28. The summed E-state index contributed by atoms with van der Waals surface area (Å²) >= 11 is 0. The van der Waals surface area contributed by atoms with Crippen LogP contribution in [0.25, 0.3) is 0 Å². The van der Waals surface area contributed by atoms with E-state index in [1.165, 1.54) is 62.7 Å². The second kappa shape index (κ2) is 9.18. The number of pyridine rings is 1. The number of rotatable bonds is 10. The normalized spacial score (nSPS) is 19.8. The minimum Gasteiger partial charge on any atom is -0.490 e. The predicted molar refractivity (Wildman–Crippen MR) is 108 cm³/mol. The molecule has 146 valence electrons. The van der Waals surface area contributed by atoms with Gasteiger partial charge in [-0.25, -0.2) is 0 Å². The van der Waals surface area contributed by atoms with Crippen molar-refractivity contribution in [2.75, 3.05) is 26.7 Å². The van der Waals surface area contributed by atoms with Gasteiger partial charge in [-0.15, -0.1) is 0 Å². The molecule has 1 aliphatic heterocycles. The smallest absolute Gasteiger partial charge is 0.127 e. The first-order valence-electron chi connectivity index (χ1n) is 10.7. The Morgan fingerprint density at radius 1 is 1.23 bits per heavy atom. The third-order valence-corrected chi connectivity index (χ3v) is 6.66. The monoisotopic (exact) mass is 359 g/mol. The zero-order valence-electron chi connectivity index (χ0n) is 17.0. The summed E-state index contributed by atoms with van der Waals surface area (Å²) in [4.78, 5) is 7.22. The molecule has 1 aromatic heterocycles. The highest BCUT2D eigenvalue weighted by Crippen LogP contribution is 2.48. The Labute approximate surface area is 159 Å². The van der Waals surface area contributed by atoms with Gasteiger partial charge in [0.2, 0.25) is 0 Å². The summed E-state index contributed by atoms with van der Waals surface area (Å²) in [6.07, 6.45) is 12.2. The maximum Gasteiger partial charge on any atom is 0.127 e. The van der Waals surface area contributed by atoms with E-state index in [2.05, 4.69) is 35.1 Å². The van der Waals surface area contributed by atoms with Gasteiger partial charge >= 0.3 is 0 Å². The number of ether oxygens (including phenoxy) is 1. The van der Waals surface area contributed by atoms with Crippen molar-refractivity contribution in [2.24, 2.45) is 5.41 Å². The molecule has 3 rings (SSSR count). The first-order valence-corrected chi connectivity index (χ1v) is 10.7. The van der Waals surface area contributed by atoms with Crippen LogP contribution >= 0.6 is 0 Å². The Bertz CT molecular complexity index is 563. The molecule has 1 aromatic rings. The lowest BCUT2D eigenvalue weighted by atomic mass is 9.63. The summed E-state index contributed by atoms with van der Waals surface area (Å²) in [5.41, 5.74) is 3.14. The molecular formula is C22H37N3O. The highest BCUT2D eigenvalue weighted by Gasteiger charge is 2.43. The first kappa shape index (κ1) is 19.6. The Hall–Kier alpha value is -1.13. The summed E-state index contributed by atoms with van der Waals surface area (Å²) in [5.74, 6) is 1.10. The molecule has 1 fully saturated rings. The van der Waals surface area contributed by atoms with E-state index in [1.807, 2.05) is 13.2 Å². The number of aromatic nitrogens is 1. The van der Waals surface area contributed by atoms with Gasteiger partial charge in [-0.1, -0.05) is 33.1 Å². The molecular weight excluding hydrogens is 322 g/mol. The summed E-state index contributed by atoms with van der Waals surface area (Å²) in [5, 5.41) is 3.23. The van der Waals surface area contributed by atoms with Crippen molar-refractivity contribution in [1.29, 1.82) is 0 Å². The van der Waals surface area contributed by atoms with Crippen LogP contribution in [0.3, 0.4) is 0 Å². The fraction of sp³-hybridized carbons (Fsp3) is 0.773. The van der Waals surface area contributed by atoms with E-state index in [0.29, 0.717) is 11.5 Å². The average Bonchev–Trinajstić information content (AvgIpc) is 2.64. The molecule has 0 spiro atoms. The topological polar surface area (TPSA) is 37.4 Å². The van der Waals surface area contributed by atoms with Crippen LogP contribution in [-0.2, 0) is 13.0 Å². The number of fused-ring (bicyclic) bond motifs is 1. The zero-order chi connectivity index (χ0) is 18.4. The fourth-order valence-electron chi connectivity index (χ4n) is 4.58. The molecule has 0 aromatic carbocycles. The quantitative estimate of drug-likeness (QED) is 0.636. The van der Waals surface area contributed by atoms with E-state index < -0.39 is 0 Å². The lowest BCUT2D eigenvalue weighted by Crippen LogP contribution is -2.43. The molecule has 1 saturated carbocycles. The van der Waals surface area contributed by atoms with Crippen molar-refractivity contribution in [3.8, 4) is 5.75 Å². The fourth-order valence-corrected chi connectivity index (χ4v) is 4.58. The Morgan fingerprint density at radius 2 is 2.04 bits per heavy atom. The molecule has 0 bridgehead atoms. The largest absolute Gasteiger partial charge is 0.490 e. The number of hydrogen-bond donors (Lipinski definition) is 1. The van der Waals surface area contributed by atoms with Crippen molar-refractivity contribution in [2.45, 2.75) is 77.9 Å². The third kappa shape index (κ3) is 4.58. The summed E-state index contributed by atoms with van der Waals surface area (Å²) in [6, 6.07) is 2.09. The van der Waals surface area contributed by atoms with Gasteiger partial charge in [0.05, 0.1) is 6.10 Å². The van der Waals surface area contributed by atoms with Crippen molar-refractivity contribution < 1.29 is 4.74 Å². The molecule has 0 radical (unpaired) electrons. The molecule has 0 saturated heterocycles. The van der Waals surface area contributed by atoms with Crippen LogP contribution in [0.15, 0.2) is 12.3 Å². The van der Waals surface area contributed by atoms with Gasteiger partial charge in [0.15, 0.2) is 0 Å². The predicted octanol–water partition coefficient (Wildman–Crippen LogP) is 4.18. The highest BCUT2D eigenvalue weighted by atomic mass is 16.5. The molecule has 2 aliphatic rings. The van der Waals surface area contributed by atoms with E-state index in [9.17, 15) is 0 Å². The van der Waals surface area contributed by atoms with E-state index in [-0.39, 0.29) is 0 Å².